The largest absolute Gasteiger partial charge is 0.480 e. The molecule has 0 bridgehead atoms. The van der Waals surface area contributed by atoms with Crippen LogP contribution in [0.15, 0.2) is 0 Å². The van der Waals surface area contributed by atoms with Gasteiger partial charge in [0.1, 0.15) is 0 Å². The molecule has 0 aromatic rings. The molecule has 2 N–H and O–H groups in total. The zero-order valence-corrected chi connectivity index (χ0v) is 10.9. The Kier molecular flexibility index (Phi) is 3.36. The number of aliphatic hydroxyl groups excluding tert-OH is 1. The van der Waals surface area contributed by atoms with Gasteiger partial charge in [-0.05, 0) is 38.5 Å². The van der Waals surface area contributed by atoms with Crippen LogP contribution in [0.2, 0.25) is 0 Å². The van der Waals surface area contributed by atoms with E-state index in [1.54, 1.807) is 0 Å². The Labute approximate surface area is 107 Å². The van der Waals surface area contributed by atoms with Crippen LogP contribution in [0.4, 0.5) is 0 Å². The first kappa shape index (κ1) is 13.3. The number of carboxylic acid groups (broad SMARTS) is 1. The van der Waals surface area contributed by atoms with E-state index in [0.717, 1.165) is 25.7 Å². The van der Waals surface area contributed by atoms with E-state index in [-0.39, 0.29) is 11.3 Å². The molecule has 1 saturated heterocycles. The molecular weight excluding hydrogens is 234 g/mol. The highest BCUT2D eigenvalue weighted by Crippen LogP contribution is 2.47. The number of rotatable bonds is 3. The molecule has 2 rings (SSSR count). The molecule has 2 atom stereocenters. The van der Waals surface area contributed by atoms with Gasteiger partial charge in [-0.1, -0.05) is 6.92 Å². The number of carboxylic acids is 1. The fourth-order valence-electron chi connectivity index (χ4n) is 3.19. The molecule has 1 saturated carbocycles. The average molecular weight is 255 g/mol. The van der Waals surface area contributed by atoms with Gasteiger partial charge in [0, 0.05) is 6.54 Å². The molecule has 1 heterocycles. The molecule has 2 aliphatic rings. The number of likely N-dealkylation sites (tertiary alicyclic amines) is 1. The lowest BCUT2D eigenvalue weighted by atomic mass is 9.65. The van der Waals surface area contributed by atoms with Gasteiger partial charge in [0.15, 0.2) is 6.04 Å². The summed E-state index contributed by atoms with van der Waals surface area (Å²) in [5, 5.41) is 18.6. The molecule has 0 radical (unpaired) electrons. The fraction of sp³-hybridized carbons (Fsp3) is 0.846. The monoisotopic (exact) mass is 255 g/mol. The first-order chi connectivity index (χ1) is 8.37. The van der Waals surface area contributed by atoms with Crippen LogP contribution in [0, 0.1) is 11.3 Å². The van der Waals surface area contributed by atoms with Crippen molar-refractivity contribution in [3.8, 4) is 0 Å². The van der Waals surface area contributed by atoms with E-state index in [4.69, 9.17) is 5.11 Å². The summed E-state index contributed by atoms with van der Waals surface area (Å²) in [7, 11) is 0. The van der Waals surface area contributed by atoms with E-state index < -0.39 is 18.1 Å². The predicted octanol–water partition coefficient (Wildman–Crippen LogP) is 0.859. The number of carbonyl (C=O) groups excluding carboxylic acids is 1. The second-order valence-corrected chi connectivity index (χ2v) is 5.92. The third kappa shape index (κ3) is 2.00. The van der Waals surface area contributed by atoms with Crippen LogP contribution in [0.5, 0.6) is 0 Å². The van der Waals surface area contributed by atoms with Crippen molar-refractivity contribution in [2.24, 2.45) is 11.3 Å². The lowest BCUT2D eigenvalue weighted by Gasteiger charge is -2.53. The van der Waals surface area contributed by atoms with E-state index >= 15 is 0 Å². The van der Waals surface area contributed by atoms with Gasteiger partial charge in [0.25, 0.3) is 0 Å². The van der Waals surface area contributed by atoms with Gasteiger partial charge in [-0.3, -0.25) is 4.79 Å². The molecule has 1 amide bonds. The van der Waals surface area contributed by atoms with Crippen molar-refractivity contribution < 1.29 is 19.8 Å². The summed E-state index contributed by atoms with van der Waals surface area (Å²) in [4.78, 5) is 24.7. The highest BCUT2D eigenvalue weighted by Gasteiger charge is 2.56. The van der Waals surface area contributed by atoms with E-state index in [0.29, 0.717) is 12.5 Å². The predicted molar refractivity (Wildman–Crippen MR) is 64.9 cm³/mol. The molecule has 0 aromatic carbocycles. The molecule has 2 fully saturated rings. The minimum absolute atomic E-state index is 0.0808. The number of amides is 1. The lowest BCUT2D eigenvalue weighted by molar-refractivity contribution is -0.180. The summed E-state index contributed by atoms with van der Waals surface area (Å²) in [5.41, 5.74) is -0.324. The second-order valence-electron chi connectivity index (χ2n) is 5.92. The van der Waals surface area contributed by atoms with E-state index in [1.165, 1.54) is 11.8 Å². The summed E-state index contributed by atoms with van der Waals surface area (Å²) < 4.78 is 0. The highest BCUT2D eigenvalue weighted by molar-refractivity contribution is 5.93. The highest BCUT2D eigenvalue weighted by atomic mass is 16.4. The van der Waals surface area contributed by atoms with Crippen LogP contribution in [0.25, 0.3) is 0 Å². The van der Waals surface area contributed by atoms with Gasteiger partial charge in [0.2, 0.25) is 5.91 Å². The van der Waals surface area contributed by atoms with Gasteiger partial charge in [-0.2, -0.15) is 0 Å². The Morgan fingerprint density at radius 3 is 2.39 bits per heavy atom. The number of hydrogen-bond donors (Lipinski definition) is 2. The van der Waals surface area contributed by atoms with Crippen LogP contribution in [0.1, 0.15) is 39.5 Å². The van der Waals surface area contributed by atoms with Gasteiger partial charge < -0.3 is 15.1 Å². The molecule has 102 valence electrons. The van der Waals surface area contributed by atoms with Crippen LogP contribution in [-0.2, 0) is 9.59 Å². The Morgan fingerprint density at radius 1 is 1.44 bits per heavy atom. The molecule has 2 unspecified atom stereocenters. The van der Waals surface area contributed by atoms with Crippen LogP contribution < -0.4 is 0 Å². The Morgan fingerprint density at radius 2 is 2.00 bits per heavy atom. The van der Waals surface area contributed by atoms with Crippen LogP contribution in [-0.4, -0.2) is 45.7 Å². The normalized spacial score (nSPS) is 35.2. The third-order valence-corrected chi connectivity index (χ3v) is 4.46. The maximum absolute atomic E-state index is 12.2. The summed E-state index contributed by atoms with van der Waals surface area (Å²) in [6.45, 7) is 4.09. The summed E-state index contributed by atoms with van der Waals surface area (Å²) in [6, 6.07) is -1.09. The van der Waals surface area contributed by atoms with Crippen molar-refractivity contribution in [2.45, 2.75) is 51.7 Å². The molecule has 5 nitrogen and oxygen atoms in total. The summed E-state index contributed by atoms with van der Waals surface area (Å²) >= 11 is 0. The zero-order chi connectivity index (χ0) is 13.5. The second kappa shape index (κ2) is 4.53. The van der Waals surface area contributed by atoms with Crippen molar-refractivity contribution in [3.63, 3.8) is 0 Å². The molecular formula is C13H21NO4. The number of nitrogens with zero attached hydrogens (tertiary/aromatic N) is 1. The number of carbonyl (C=O) groups is 2. The third-order valence-electron chi connectivity index (χ3n) is 4.46. The smallest absolute Gasteiger partial charge is 0.329 e. The number of aliphatic carboxylic acids is 1. The first-order valence-corrected chi connectivity index (χ1v) is 6.59. The Bertz CT molecular complexity index is 358. The number of aliphatic hydroxyl groups is 1. The summed E-state index contributed by atoms with van der Waals surface area (Å²) in [6.07, 6.45) is 2.75. The maximum atomic E-state index is 12.2. The standard InChI is InChI=1S/C13H21NO4/c1-8-3-5-13(6-4-8)7-14(12(13)18)10(9(2)15)11(16)17/h8-10,15H,3-7H2,1-2H3,(H,16,17). The topological polar surface area (TPSA) is 77.8 Å². The van der Waals surface area contributed by atoms with Gasteiger partial charge in [0.05, 0.1) is 11.5 Å². The fourth-order valence-corrected chi connectivity index (χ4v) is 3.19. The van der Waals surface area contributed by atoms with E-state index in [1.807, 2.05) is 0 Å². The zero-order valence-electron chi connectivity index (χ0n) is 10.9. The molecule has 1 aliphatic heterocycles. The van der Waals surface area contributed by atoms with Gasteiger partial charge in [-0.25, -0.2) is 4.79 Å². The van der Waals surface area contributed by atoms with Gasteiger partial charge in [-0.15, -0.1) is 0 Å². The van der Waals surface area contributed by atoms with Crippen molar-refractivity contribution in [1.29, 1.82) is 0 Å². The maximum Gasteiger partial charge on any atom is 0.329 e. The quantitative estimate of drug-likeness (QED) is 0.733. The first-order valence-electron chi connectivity index (χ1n) is 6.59. The van der Waals surface area contributed by atoms with Crippen molar-refractivity contribution in [3.05, 3.63) is 0 Å². The van der Waals surface area contributed by atoms with E-state index in [2.05, 4.69) is 6.92 Å². The minimum atomic E-state index is -1.13. The van der Waals surface area contributed by atoms with Crippen molar-refractivity contribution >= 4 is 11.9 Å². The molecule has 5 heteroatoms. The minimum Gasteiger partial charge on any atom is -0.480 e. The summed E-state index contributed by atoms with van der Waals surface area (Å²) in [5.74, 6) is -0.551. The molecule has 1 aliphatic carbocycles. The lowest BCUT2D eigenvalue weighted by Crippen LogP contribution is -2.68. The molecule has 1 spiro atoms. The number of hydrogen-bond acceptors (Lipinski definition) is 3. The number of β-lactam (4-membered cyclic amide) rings is 1. The van der Waals surface area contributed by atoms with E-state index in [9.17, 15) is 14.7 Å². The van der Waals surface area contributed by atoms with Crippen LogP contribution in [0.3, 0.4) is 0 Å². The van der Waals surface area contributed by atoms with Crippen LogP contribution >= 0.6 is 0 Å². The molecule has 18 heavy (non-hydrogen) atoms. The van der Waals surface area contributed by atoms with Crippen molar-refractivity contribution in [2.75, 3.05) is 6.54 Å². The molecule has 0 aromatic heterocycles. The SMILES string of the molecule is CC1CCC2(CC1)CN(C(C(=O)O)C(C)O)C2=O. The Balaban J connectivity index is 2.05. The average Bonchev–Trinajstić information content (AvgIpc) is 2.30. The van der Waals surface area contributed by atoms with Gasteiger partial charge >= 0.3 is 5.97 Å². The Hall–Kier alpha value is -1.10. The van der Waals surface area contributed by atoms with Crippen molar-refractivity contribution in [1.82, 2.24) is 4.90 Å².